The summed E-state index contributed by atoms with van der Waals surface area (Å²) in [4.78, 5) is 1.67. The van der Waals surface area contributed by atoms with Crippen LogP contribution >= 0.6 is 15.9 Å². The normalized spacial score (nSPS) is 17.1. The lowest BCUT2D eigenvalue weighted by atomic mass is 10.2. The maximum atomic E-state index is 12.6. The molecular weight excluding hydrogens is 287 g/mol. The fraction of sp³-hybridized carbons (Fsp3) is 0.545. The highest BCUT2D eigenvalue weighted by Gasteiger charge is 2.27. The van der Waals surface area contributed by atoms with Crippen LogP contribution < -0.4 is 10.9 Å². The molecule has 17 heavy (non-hydrogen) atoms. The summed E-state index contributed by atoms with van der Waals surface area (Å²) in [7, 11) is 0. The minimum absolute atomic E-state index is 0.303. The molecule has 1 fully saturated rings. The molecule has 1 saturated heterocycles. The van der Waals surface area contributed by atoms with Gasteiger partial charge in [0.1, 0.15) is 16.6 Å². The Morgan fingerprint density at radius 2 is 2.29 bits per heavy atom. The Morgan fingerprint density at radius 1 is 1.59 bits per heavy atom. The van der Waals surface area contributed by atoms with Crippen LogP contribution in [0.25, 0.3) is 0 Å². The van der Waals surface area contributed by atoms with E-state index >= 15 is 0 Å². The molecule has 1 aliphatic heterocycles. The van der Waals surface area contributed by atoms with Gasteiger partial charge in [-0.1, -0.05) is 19.4 Å². The van der Waals surface area contributed by atoms with Gasteiger partial charge >= 0.3 is 0 Å². The molecule has 3 N–H and O–H groups in total. The lowest BCUT2D eigenvalue weighted by Gasteiger charge is -2.35. The second-order valence-corrected chi connectivity index (χ2v) is 4.69. The van der Waals surface area contributed by atoms with Crippen LogP contribution in [0, 0.1) is 5.41 Å². The molecule has 0 aromatic heterocycles. The van der Waals surface area contributed by atoms with Crippen LogP contribution in [0.4, 0.5) is 4.39 Å². The monoisotopic (exact) mass is 304 g/mol. The number of halogens is 2. The number of unbranched alkanes of at least 4 members (excludes halogenated alkanes) is 1. The predicted octanol–water partition coefficient (Wildman–Crippen LogP) is 2.26. The Bertz CT molecular complexity index is 311. The first-order valence-electron chi connectivity index (χ1n) is 5.64. The number of hydrazine groups is 1. The van der Waals surface area contributed by atoms with Crippen LogP contribution in [-0.2, 0) is 0 Å². The van der Waals surface area contributed by atoms with Crippen LogP contribution in [0.2, 0.25) is 0 Å². The maximum Gasteiger partial charge on any atom is 0.135 e. The molecule has 6 heteroatoms. The van der Waals surface area contributed by atoms with E-state index in [-0.39, 0.29) is 0 Å². The van der Waals surface area contributed by atoms with E-state index in [1.54, 1.807) is 11.0 Å². The number of amidine groups is 1. The van der Waals surface area contributed by atoms with Crippen molar-refractivity contribution in [3.05, 3.63) is 23.0 Å². The summed E-state index contributed by atoms with van der Waals surface area (Å²) >= 11 is 3.28. The van der Waals surface area contributed by atoms with Gasteiger partial charge in [0.05, 0.1) is 13.1 Å². The average Bonchev–Trinajstić information content (AvgIpc) is 2.24. The van der Waals surface area contributed by atoms with Crippen molar-refractivity contribution in [3.8, 4) is 0 Å². The summed E-state index contributed by atoms with van der Waals surface area (Å²) in [5, 5.41) is 7.68. The van der Waals surface area contributed by atoms with Crippen LogP contribution in [0.15, 0.2) is 23.0 Å². The summed E-state index contributed by atoms with van der Waals surface area (Å²) in [5.41, 5.74) is 5.74. The Hall–Kier alpha value is -1.04. The van der Waals surface area contributed by atoms with Crippen molar-refractivity contribution in [2.45, 2.75) is 25.9 Å². The van der Waals surface area contributed by atoms with Crippen LogP contribution in [-0.4, -0.2) is 30.0 Å². The van der Waals surface area contributed by atoms with E-state index in [0.717, 1.165) is 12.8 Å². The van der Waals surface area contributed by atoms with E-state index in [9.17, 15) is 4.39 Å². The van der Waals surface area contributed by atoms with E-state index in [4.69, 9.17) is 5.41 Å². The van der Waals surface area contributed by atoms with Gasteiger partial charge in [0.15, 0.2) is 0 Å². The van der Waals surface area contributed by atoms with Crippen molar-refractivity contribution in [3.63, 3.8) is 0 Å². The largest absolute Gasteiger partial charge is 0.351 e. The lowest BCUT2D eigenvalue weighted by Crippen LogP contribution is -2.50. The predicted molar refractivity (Wildman–Crippen MR) is 71.5 cm³/mol. The first-order valence-corrected chi connectivity index (χ1v) is 6.44. The number of rotatable bonds is 6. The highest BCUT2D eigenvalue weighted by Crippen LogP contribution is 2.12. The van der Waals surface area contributed by atoms with Gasteiger partial charge < -0.3 is 10.3 Å². The molecule has 0 bridgehead atoms. The quantitative estimate of drug-likeness (QED) is 0.305. The Balaban J connectivity index is 2.22. The molecule has 4 nitrogen and oxygen atoms in total. The van der Waals surface area contributed by atoms with E-state index in [1.807, 2.05) is 12.3 Å². The maximum absolute atomic E-state index is 12.6. The van der Waals surface area contributed by atoms with Gasteiger partial charge in [0.2, 0.25) is 0 Å². The zero-order chi connectivity index (χ0) is 12.7. The van der Waals surface area contributed by atoms with E-state index < -0.39 is 6.17 Å². The van der Waals surface area contributed by atoms with Crippen LogP contribution in [0.5, 0.6) is 0 Å². The minimum Gasteiger partial charge on any atom is -0.351 e. The standard InChI is InChI=1S/C11H18BrFN4/c1-2-3-4-5-15-16-10(12)6-11(14)17-7-9(13)8-17/h4-6,9,14-16H,2-3,7-8H2,1H3/b5-4-,10-6?,14-11?. The lowest BCUT2D eigenvalue weighted by molar-refractivity contribution is 0.131. The Labute approximate surface area is 110 Å². The number of nitrogens with one attached hydrogen (secondary N) is 3. The van der Waals surface area contributed by atoms with Gasteiger partial charge in [-0.05, 0) is 22.4 Å². The molecule has 0 spiro atoms. The van der Waals surface area contributed by atoms with Crippen molar-refractivity contribution in [1.29, 1.82) is 5.41 Å². The number of hydrogen-bond acceptors (Lipinski definition) is 3. The summed E-state index contributed by atoms with van der Waals surface area (Å²) < 4.78 is 13.2. The number of nitrogens with zero attached hydrogens (tertiary/aromatic N) is 1. The fourth-order valence-corrected chi connectivity index (χ4v) is 1.62. The summed E-state index contributed by atoms with van der Waals surface area (Å²) in [6, 6.07) is 0. The van der Waals surface area contributed by atoms with Gasteiger partial charge in [-0.3, -0.25) is 10.8 Å². The first-order chi connectivity index (χ1) is 8.13. The average molecular weight is 305 g/mol. The summed E-state index contributed by atoms with van der Waals surface area (Å²) in [6.07, 6.45) is 6.78. The zero-order valence-electron chi connectivity index (χ0n) is 9.84. The summed E-state index contributed by atoms with van der Waals surface area (Å²) in [6.45, 7) is 2.75. The molecule has 96 valence electrons. The Morgan fingerprint density at radius 3 is 2.88 bits per heavy atom. The van der Waals surface area contributed by atoms with E-state index in [1.165, 1.54) is 0 Å². The van der Waals surface area contributed by atoms with E-state index in [0.29, 0.717) is 23.5 Å². The van der Waals surface area contributed by atoms with Gasteiger partial charge in [0.25, 0.3) is 0 Å². The number of allylic oxidation sites excluding steroid dienone is 1. The van der Waals surface area contributed by atoms with Gasteiger partial charge in [-0.25, -0.2) is 4.39 Å². The molecule has 0 radical (unpaired) electrons. The van der Waals surface area contributed by atoms with Crippen LogP contribution in [0.1, 0.15) is 19.8 Å². The molecular formula is C11H18BrFN4. The molecule has 0 unspecified atom stereocenters. The van der Waals surface area contributed by atoms with Crippen molar-refractivity contribution in [2.24, 2.45) is 0 Å². The molecule has 0 aromatic rings. The van der Waals surface area contributed by atoms with Crippen molar-refractivity contribution < 1.29 is 4.39 Å². The smallest absolute Gasteiger partial charge is 0.135 e. The highest BCUT2D eigenvalue weighted by atomic mass is 79.9. The minimum atomic E-state index is -0.786. The molecule has 1 heterocycles. The second-order valence-electron chi connectivity index (χ2n) is 3.84. The van der Waals surface area contributed by atoms with Crippen molar-refractivity contribution >= 4 is 21.8 Å². The van der Waals surface area contributed by atoms with Gasteiger partial charge in [-0.15, -0.1) is 0 Å². The van der Waals surface area contributed by atoms with E-state index in [2.05, 4.69) is 33.7 Å². The van der Waals surface area contributed by atoms with Crippen molar-refractivity contribution in [1.82, 2.24) is 15.8 Å². The zero-order valence-corrected chi connectivity index (χ0v) is 11.4. The SMILES string of the molecule is CCC/C=C\NNC(Br)=CC(=N)N1CC(F)C1. The van der Waals surface area contributed by atoms with Gasteiger partial charge in [-0.2, -0.15) is 0 Å². The fourth-order valence-electron chi connectivity index (χ4n) is 1.29. The van der Waals surface area contributed by atoms with Crippen LogP contribution in [0.3, 0.4) is 0 Å². The first kappa shape index (κ1) is 14.0. The highest BCUT2D eigenvalue weighted by molar-refractivity contribution is 9.11. The third-order valence-corrected chi connectivity index (χ3v) is 2.72. The molecule has 1 aliphatic rings. The van der Waals surface area contributed by atoms with Crippen molar-refractivity contribution in [2.75, 3.05) is 13.1 Å². The molecule has 0 aromatic carbocycles. The molecule has 0 saturated carbocycles. The molecule has 0 amide bonds. The molecule has 1 rings (SSSR count). The number of hydrogen-bond donors (Lipinski definition) is 3. The third kappa shape index (κ3) is 5.21. The summed E-state index contributed by atoms with van der Waals surface area (Å²) in [5.74, 6) is 0.303. The number of likely N-dealkylation sites (tertiary alicyclic amines) is 1. The molecule has 0 aliphatic carbocycles. The Kier molecular flexibility index (Phi) is 6.04. The molecule has 0 atom stereocenters. The number of alkyl halides is 1. The topological polar surface area (TPSA) is 51.1 Å². The third-order valence-electron chi connectivity index (χ3n) is 2.29. The second kappa shape index (κ2) is 7.32. The van der Waals surface area contributed by atoms with Gasteiger partial charge in [0, 0.05) is 12.3 Å².